The van der Waals surface area contributed by atoms with Crippen molar-refractivity contribution in [3.63, 3.8) is 0 Å². The summed E-state index contributed by atoms with van der Waals surface area (Å²) in [5.74, 6) is -0.390. The van der Waals surface area contributed by atoms with Crippen molar-refractivity contribution < 1.29 is 4.39 Å². The molecular formula is C17H14FNO. The van der Waals surface area contributed by atoms with Gasteiger partial charge in [-0.3, -0.25) is 4.79 Å². The minimum Gasteiger partial charge on any atom is -0.313 e. The highest BCUT2D eigenvalue weighted by molar-refractivity contribution is 5.81. The Kier molecular flexibility index (Phi) is 3.11. The third kappa shape index (κ3) is 2.01. The van der Waals surface area contributed by atoms with Gasteiger partial charge in [-0.1, -0.05) is 25.1 Å². The molecule has 0 aliphatic carbocycles. The second-order valence-corrected chi connectivity index (χ2v) is 4.69. The number of halogens is 1. The van der Waals surface area contributed by atoms with Gasteiger partial charge in [0.2, 0.25) is 0 Å². The molecule has 100 valence electrons. The standard InChI is InChI=1S/C17H14FNO/c1-2-13-11-17(20)15-10-12(18)8-9-16(15)19(13)14-6-4-3-5-7-14/h3-11H,2H2,1H3. The van der Waals surface area contributed by atoms with Crippen LogP contribution < -0.4 is 5.43 Å². The van der Waals surface area contributed by atoms with E-state index in [4.69, 9.17) is 0 Å². The van der Waals surface area contributed by atoms with Gasteiger partial charge in [0.25, 0.3) is 0 Å². The van der Waals surface area contributed by atoms with Gasteiger partial charge in [0.15, 0.2) is 5.43 Å². The lowest BCUT2D eigenvalue weighted by Gasteiger charge is -2.16. The lowest BCUT2D eigenvalue weighted by atomic mass is 10.1. The normalized spacial score (nSPS) is 10.9. The molecule has 0 spiro atoms. The minimum absolute atomic E-state index is 0.136. The number of aromatic nitrogens is 1. The molecule has 0 amide bonds. The van der Waals surface area contributed by atoms with Crippen LogP contribution in [0, 0.1) is 5.82 Å². The molecule has 0 radical (unpaired) electrons. The molecule has 0 saturated heterocycles. The fourth-order valence-corrected chi connectivity index (χ4v) is 2.49. The van der Waals surface area contributed by atoms with Gasteiger partial charge in [0, 0.05) is 22.8 Å². The zero-order chi connectivity index (χ0) is 14.1. The third-order valence-electron chi connectivity index (χ3n) is 3.43. The molecule has 0 atom stereocenters. The summed E-state index contributed by atoms with van der Waals surface area (Å²) >= 11 is 0. The van der Waals surface area contributed by atoms with Gasteiger partial charge >= 0.3 is 0 Å². The third-order valence-corrected chi connectivity index (χ3v) is 3.43. The number of nitrogens with zero attached hydrogens (tertiary/aromatic N) is 1. The average Bonchev–Trinajstić information content (AvgIpc) is 2.48. The Hall–Kier alpha value is -2.42. The van der Waals surface area contributed by atoms with Gasteiger partial charge in [0.1, 0.15) is 5.82 Å². The van der Waals surface area contributed by atoms with E-state index in [2.05, 4.69) is 0 Å². The molecule has 0 bridgehead atoms. The van der Waals surface area contributed by atoms with Crippen molar-refractivity contribution in [2.24, 2.45) is 0 Å². The number of pyridine rings is 1. The Morgan fingerprint density at radius 1 is 1.05 bits per heavy atom. The lowest BCUT2D eigenvalue weighted by molar-refractivity contribution is 0.629. The molecule has 0 fully saturated rings. The molecule has 1 aromatic heterocycles. The van der Waals surface area contributed by atoms with E-state index < -0.39 is 5.82 Å². The SMILES string of the molecule is CCc1cc(=O)c2cc(F)ccc2n1-c1ccccc1. The molecular weight excluding hydrogens is 253 g/mol. The van der Waals surface area contributed by atoms with Gasteiger partial charge in [-0.25, -0.2) is 4.39 Å². The van der Waals surface area contributed by atoms with Gasteiger partial charge in [-0.05, 0) is 36.8 Å². The van der Waals surface area contributed by atoms with Crippen molar-refractivity contribution in [3.05, 3.63) is 76.3 Å². The molecule has 3 heteroatoms. The predicted octanol–water partition coefficient (Wildman–Crippen LogP) is 3.69. The number of hydrogen-bond acceptors (Lipinski definition) is 1. The molecule has 20 heavy (non-hydrogen) atoms. The number of rotatable bonds is 2. The topological polar surface area (TPSA) is 22.0 Å². The molecule has 3 aromatic rings. The molecule has 3 rings (SSSR count). The van der Waals surface area contributed by atoms with Gasteiger partial charge in [-0.2, -0.15) is 0 Å². The van der Waals surface area contributed by atoms with Crippen molar-refractivity contribution >= 4 is 10.9 Å². The zero-order valence-corrected chi connectivity index (χ0v) is 11.1. The Morgan fingerprint density at radius 2 is 1.80 bits per heavy atom. The number of fused-ring (bicyclic) bond motifs is 1. The number of benzene rings is 2. The van der Waals surface area contributed by atoms with Gasteiger partial charge < -0.3 is 4.57 Å². The molecule has 2 nitrogen and oxygen atoms in total. The van der Waals surface area contributed by atoms with E-state index in [-0.39, 0.29) is 5.43 Å². The van der Waals surface area contributed by atoms with Gasteiger partial charge in [-0.15, -0.1) is 0 Å². The van der Waals surface area contributed by atoms with Crippen LogP contribution in [-0.2, 0) is 6.42 Å². The molecule has 1 heterocycles. The van der Waals surface area contributed by atoms with Crippen LogP contribution in [-0.4, -0.2) is 4.57 Å². The summed E-state index contributed by atoms with van der Waals surface area (Å²) in [7, 11) is 0. The Morgan fingerprint density at radius 3 is 2.50 bits per heavy atom. The highest BCUT2D eigenvalue weighted by atomic mass is 19.1. The van der Waals surface area contributed by atoms with E-state index in [0.29, 0.717) is 5.39 Å². The van der Waals surface area contributed by atoms with E-state index >= 15 is 0 Å². The first-order valence-corrected chi connectivity index (χ1v) is 6.60. The Balaban J connectivity index is 2.46. The maximum absolute atomic E-state index is 13.4. The Labute approximate surface area is 116 Å². The largest absolute Gasteiger partial charge is 0.313 e. The number of hydrogen-bond donors (Lipinski definition) is 0. The van der Waals surface area contributed by atoms with Crippen LogP contribution in [0.1, 0.15) is 12.6 Å². The fourth-order valence-electron chi connectivity index (χ4n) is 2.49. The molecule has 0 unspecified atom stereocenters. The van der Waals surface area contributed by atoms with Crippen molar-refractivity contribution in [1.82, 2.24) is 4.57 Å². The van der Waals surface area contributed by atoms with Crippen LogP contribution in [0.2, 0.25) is 0 Å². The lowest BCUT2D eigenvalue weighted by Crippen LogP contribution is -2.12. The van der Waals surface area contributed by atoms with Crippen molar-refractivity contribution in [2.75, 3.05) is 0 Å². The second-order valence-electron chi connectivity index (χ2n) is 4.69. The van der Waals surface area contributed by atoms with Crippen LogP contribution in [0.5, 0.6) is 0 Å². The number of para-hydroxylation sites is 1. The van der Waals surface area contributed by atoms with Crippen molar-refractivity contribution in [3.8, 4) is 5.69 Å². The van der Waals surface area contributed by atoms with E-state index in [9.17, 15) is 9.18 Å². The van der Waals surface area contributed by atoms with E-state index in [1.807, 2.05) is 41.8 Å². The first-order chi connectivity index (χ1) is 9.70. The van der Waals surface area contributed by atoms with Crippen LogP contribution >= 0.6 is 0 Å². The zero-order valence-electron chi connectivity index (χ0n) is 11.1. The highest BCUT2D eigenvalue weighted by Gasteiger charge is 2.10. The van der Waals surface area contributed by atoms with E-state index in [0.717, 1.165) is 23.3 Å². The highest BCUT2D eigenvalue weighted by Crippen LogP contribution is 2.20. The van der Waals surface area contributed by atoms with Crippen molar-refractivity contribution in [1.29, 1.82) is 0 Å². The first kappa shape index (κ1) is 12.6. The van der Waals surface area contributed by atoms with Crippen LogP contribution in [0.25, 0.3) is 16.6 Å². The van der Waals surface area contributed by atoms with E-state index in [1.165, 1.54) is 12.1 Å². The second kappa shape index (κ2) is 4.93. The monoisotopic (exact) mass is 267 g/mol. The van der Waals surface area contributed by atoms with Crippen molar-refractivity contribution in [2.45, 2.75) is 13.3 Å². The summed E-state index contributed by atoms with van der Waals surface area (Å²) in [5.41, 5.74) is 2.49. The van der Waals surface area contributed by atoms with Crippen LogP contribution in [0.15, 0.2) is 59.4 Å². The molecule has 0 aliphatic rings. The molecule has 2 aromatic carbocycles. The summed E-state index contributed by atoms with van der Waals surface area (Å²) < 4.78 is 15.4. The molecule has 0 saturated carbocycles. The summed E-state index contributed by atoms with van der Waals surface area (Å²) in [4.78, 5) is 12.1. The molecule has 0 N–H and O–H groups in total. The number of aryl methyl sites for hydroxylation is 1. The summed E-state index contributed by atoms with van der Waals surface area (Å²) in [5, 5.41) is 0.408. The quantitative estimate of drug-likeness (QED) is 0.694. The van der Waals surface area contributed by atoms with Crippen LogP contribution in [0.3, 0.4) is 0 Å². The summed E-state index contributed by atoms with van der Waals surface area (Å²) in [6.07, 6.45) is 0.734. The maximum atomic E-state index is 13.4. The predicted molar refractivity (Wildman–Crippen MR) is 78.9 cm³/mol. The first-order valence-electron chi connectivity index (χ1n) is 6.60. The summed E-state index contributed by atoms with van der Waals surface area (Å²) in [6, 6.07) is 15.7. The fraction of sp³-hybridized carbons (Fsp3) is 0.118. The average molecular weight is 267 g/mol. The smallest absolute Gasteiger partial charge is 0.189 e. The maximum Gasteiger partial charge on any atom is 0.189 e. The minimum atomic E-state index is -0.390. The van der Waals surface area contributed by atoms with Gasteiger partial charge in [0.05, 0.1) is 5.52 Å². The van der Waals surface area contributed by atoms with E-state index in [1.54, 1.807) is 12.1 Å². The summed E-state index contributed by atoms with van der Waals surface area (Å²) in [6.45, 7) is 2.00. The Bertz CT molecular complexity index is 822. The molecule has 0 aliphatic heterocycles. The van der Waals surface area contributed by atoms with Crippen LogP contribution in [0.4, 0.5) is 4.39 Å².